The molecule has 266 valence electrons. The molecule has 0 spiro atoms. The number of fused-ring (bicyclic) bond motifs is 9. The molecule has 6 heteroatoms. The number of hydrogen-bond acceptors (Lipinski definition) is 5. The van der Waals surface area contributed by atoms with Crippen molar-refractivity contribution < 1.29 is 4.42 Å². The summed E-state index contributed by atoms with van der Waals surface area (Å²) in [5, 5.41) is 7.22. The molecule has 0 N–H and O–H groups in total. The van der Waals surface area contributed by atoms with Crippen LogP contribution in [0.1, 0.15) is 0 Å². The van der Waals surface area contributed by atoms with Gasteiger partial charge in [0, 0.05) is 64.1 Å². The van der Waals surface area contributed by atoms with Crippen LogP contribution in [-0.2, 0) is 0 Å². The van der Waals surface area contributed by atoms with Crippen LogP contribution in [0.3, 0.4) is 0 Å². The fourth-order valence-electron chi connectivity index (χ4n) is 8.32. The molecule has 0 bridgehead atoms. The summed E-state index contributed by atoms with van der Waals surface area (Å²) in [5.41, 5.74) is 10.3. The van der Waals surface area contributed by atoms with Crippen molar-refractivity contribution in [3.8, 4) is 51.0 Å². The van der Waals surface area contributed by atoms with Crippen LogP contribution in [-0.4, -0.2) is 19.5 Å². The quantitative estimate of drug-likeness (QED) is 0.176. The average molecular weight is 747 g/mol. The number of para-hydroxylation sites is 2. The van der Waals surface area contributed by atoms with Crippen LogP contribution in [0.25, 0.3) is 115 Å². The zero-order valence-electron chi connectivity index (χ0n) is 30.4. The lowest BCUT2D eigenvalue weighted by Gasteiger charge is -2.08. The lowest BCUT2D eigenvalue weighted by atomic mass is 10.0. The van der Waals surface area contributed by atoms with Gasteiger partial charge in [0.25, 0.3) is 0 Å². The second-order valence-corrected chi connectivity index (χ2v) is 15.5. The third-order valence-electron chi connectivity index (χ3n) is 11.1. The Morgan fingerprint density at radius 2 is 0.807 bits per heavy atom. The van der Waals surface area contributed by atoms with E-state index in [1.165, 1.54) is 47.7 Å². The van der Waals surface area contributed by atoms with Gasteiger partial charge in [-0.2, -0.15) is 0 Å². The summed E-state index contributed by atoms with van der Waals surface area (Å²) < 4.78 is 11.5. The van der Waals surface area contributed by atoms with E-state index >= 15 is 0 Å². The Kier molecular flexibility index (Phi) is 7.03. The Morgan fingerprint density at radius 3 is 1.42 bits per heavy atom. The summed E-state index contributed by atoms with van der Waals surface area (Å²) in [5.74, 6) is 1.87. The molecular weight excluding hydrogens is 717 g/mol. The van der Waals surface area contributed by atoms with Crippen molar-refractivity contribution in [1.29, 1.82) is 0 Å². The Hall–Kier alpha value is -7.41. The first-order chi connectivity index (χ1) is 28.2. The van der Waals surface area contributed by atoms with Crippen molar-refractivity contribution in [2.75, 3.05) is 0 Å². The SMILES string of the molecule is c1ccc(-c2nc(-c3ccccc3)nc(-c3ccc4c(c3)oc3cc(-c5ccc6c(c5)sc5cc(-n7c8ccccc8c8ccccc87)ccc56)ccc34)n2)cc1. The van der Waals surface area contributed by atoms with Crippen molar-refractivity contribution >= 4 is 75.3 Å². The molecule has 0 saturated heterocycles. The highest BCUT2D eigenvalue weighted by Crippen LogP contribution is 2.41. The third-order valence-corrected chi connectivity index (χ3v) is 12.2. The lowest BCUT2D eigenvalue weighted by molar-refractivity contribution is 0.669. The maximum Gasteiger partial charge on any atom is 0.164 e. The van der Waals surface area contributed by atoms with Crippen LogP contribution in [0.15, 0.2) is 186 Å². The van der Waals surface area contributed by atoms with Crippen LogP contribution in [0.4, 0.5) is 0 Å². The maximum atomic E-state index is 6.58. The smallest absolute Gasteiger partial charge is 0.164 e. The number of benzene rings is 8. The van der Waals surface area contributed by atoms with E-state index in [2.05, 4.69) is 120 Å². The van der Waals surface area contributed by atoms with Gasteiger partial charge < -0.3 is 8.98 Å². The Bertz CT molecular complexity index is 3420. The molecule has 0 saturated carbocycles. The zero-order chi connectivity index (χ0) is 37.5. The first-order valence-corrected chi connectivity index (χ1v) is 19.8. The fraction of sp³-hybridized carbons (Fsp3) is 0. The zero-order valence-corrected chi connectivity index (χ0v) is 31.2. The average Bonchev–Trinajstić information content (AvgIpc) is 3.95. The number of aromatic nitrogens is 4. The number of thiophene rings is 1. The highest BCUT2D eigenvalue weighted by molar-refractivity contribution is 7.25. The molecule has 0 atom stereocenters. The van der Waals surface area contributed by atoms with Gasteiger partial charge >= 0.3 is 0 Å². The van der Waals surface area contributed by atoms with Crippen LogP contribution in [0, 0.1) is 0 Å². The molecule has 4 heterocycles. The van der Waals surface area contributed by atoms with Gasteiger partial charge in [0.15, 0.2) is 17.5 Å². The number of hydrogen-bond donors (Lipinski definition) is 0. The summed E-state index contributed by atoms with van der Waals surface area (Å²) in [4.78, 5) is 14.7. The molecule has 8 aromatic carbocycles. The second-order valence-electron chi connectivity index (χ2n) is 14.4. The fourth-order valence-corrected chi connectivity index (χ4v) is 9.50. The van der Waals surface area contributed by atoms with Crippen molar-refractivity contribution in [2.45, 2.75) is 0 Å². The third kappa shape index (κ3) is 5.19. The second kappa shape index (κ2) is 12.6. The Labute approximate surface area is 330 Å². The van der Waals surface area contributed by atoms with Crippen molar-refractivity contribution in [1.82, 2.24) is 19.5 Å². The van der Waals surface area contributed by atoms with Crippen LogP contribution in [0.2, 0.25) is 0 Å². The van der Waals surface area contributed by atoms with Gasteiger partial charge in [0.05, 0.1) is 11.0 Å². The van der Waals surface area contributed by atoms with E-state index in [-0.39, 0.29) is 0 Å². The van der Waals surface area contributed by atoms with Crippen molar-refractivity contribution in [3.63, 3.8) is 0 Å². The molecule has 12 aromatic rings. The first-order valence-electron chi connectivity index (χ1n) is 19.0. The van der Waals surface area contributed by atoms with Gasteiger partial charge in [-0.1, -0.05) is 127 Å². The minimum absolute atomic E-state index is 0.601. The topological polar surface area (TPSA) is 56.7 Å². The molecule has 0 unspecified atom stereocenters. The molecule has 0 amide bonds. The molecule has 0 radical (unpaired) electrons. The van der Waals surface area contributed by atoms with Gasteiger partial charge in [0.2, 0.25) is 0 Å². The van der Waals surface area contributed by atoms with E-state index in [1.54, 1.807) is 0 Å². The Morgan fingerprint density at radius 1 is 0.351 bits per heavy atom. The predicted molar refractivity (Wildman–Crippen MR) is 236 cm³/mol. The first kappa shape index (κ1) is 31.9. The number of rotatable bonds is 5. The number of furan rings is 1. The molecule has 57 heavy (non-hydrogen) atoms. The van der Waals surface area contributed by atoms with Crippen LogP contribution in [0.5, 0.6) is 0 Å². The highest BCUT2D eigenvalue weighted by Gasteiger charge is 2.17. The van der Waals surface area contributed by atoms with E-state index in [9.17, 15) is 0 Å². The molecule has 5 nitrogen and oxygen atoms in total. The van der Waals surface area contributed by atoms with Crippen LogP contribution >= 0.6 is 11.3 Å². The van der Waals surface area contributed by atoms with E-state index in [4.69, 9.17) is 19.4 Å². The van der Waals surface area contributed by atoms with Gasteiger partial charge in [-0.15, -0.1) is 11.3 Å². The molecule has 0 aliphatic heterocycles. The maximum absolute atomic E-state index is 6.58. The standard InChI is InChI=1S/C51H30N4OS/c1-3-11-31(12-4-1)49-52-50(32-13-5-2-6-14-32)54-51(53-49)35-21-24-40-39-23-19-33(27-45(39)56-46(40)28-35)34-20-25-41-42-26-22-36(30-48(42)57-47(41)29-34)55-43-17-9-7-15-37(43)38-16-8-10-18-44(38)55/h1-30H. The normalized spacial score (nSPS) is 11.9. The molecule has 0 fully saturated rings. The van der Waals surface area contributed by atoms with Crippen LogP contribution < -0.4 is 0 Å². The van der Waals surface area contributed by atoms with Gasteiger partial charge in [0.1, 0.15) is 11.2 Å². The summed E-state index contributed by atoms with van der Waals surface area (Å²) >= 11 is 1.85. The summed E-state index contributed by atoms with van der Waals surface area (Å²) in [6, 6.07) is 63.9. The Balaban J connectivity index is 0.917. The highest BCUT2D eigenvalue weighted by atomic mass is 32.1. The molecule has 4 aromatic heterocycles. The van der Waals surface area contributed by atoms with E-state index < -0.39 is 0 Å². The van der Waals surface area contributed by atoms with E-state index in [0.29, 0.717) is 17.5 Å². The van der Waals surface area contributed by atoms with Crippen molar-refractivity contribution in [2.24, 2.45) is 0 Å². The largest absolute Gasteiger partial charge is 0.456 e. The summed E-state index contributed by atoms with van der Waals surface area (Å²) in [7, 11) is 0. The minimum atomic E-state index is 0.601. The summed E-state index contributed by atoms with van der Waals surface area (Å²) in [6.45, 7) is 0. The minimum Gasteiger partial charge on any atom is -0.456 e. The van der Waals surface area contributed by atoms with Gasteiger partial charge in [-0.3, -0.25) is 0 Å². The van der Waals surface area contributed by atoms with E-state index in [0.717, 1.165) is 49.8 Å². The van der Waals surface area contributed by atoms with E-state index in [1.807, 2.05) is 78.1 Å². The van der Waals surface area contributed by atoms with Gasteiger partial charge in [-0.05, 0) is 65.7 Å². The molecule has 12 rings (SSSR count). The monoisotopic (exact) mass is 746 g/mol. The lowest BCUT2D eigenvalue weighted by Crippen LogP contribution is -2.00. The summed E-state index contributed by atoms with van der Waals surface area (Å²) in [6.07, 6.45) is 0. The van der Waals surface area contributed by atoms with Crippen molar-refractivity contribution in [3.05, 3.63) is 182 Å². The predicted octanol–water partition coefficient (Wildman–Crippen LogP) is 13.9. The molecule has 0 aliphatic carbocycles. The van der Waals surface area contributed by atoms with Gasteiger partial charge in [-0.25, -0.2) is 15.0 Å². The molecular formula is C51H30N4OS. The number of nitrogens with zero attached hydrogens (tertiary/aromatic N) is 4. The molecule has 0 aliphatic rings.